The predicted molar refractivity (Wildman–Crippen MR) is 72.6 cm³/mol. The number of halogens is 4. The molecule has 0 saturated heterocycles. The van der Waals surface area contributed by atoms with Crippen molar-refractivity contribution < 1.29 is 13.2 Å². The van der Waals surface area contributed by atoms with E-state index in [1.165, 1.54) is 23.5 Å². The number of hydrazine groups is 1. The van der Waals surface area contributed by atoms with E-state index < -0.39 is 17.8 Å². The zero-order valence-electron chi connectivity index (χ0n) is 9.54. The van der Waals surface area contributed by atoms with E-state index in [2.05, 4.69) is 21.4 Å². The van der Waals surface area contributed by atoms with Crippen LogP contribution in [0, 0.1) is 0 Å². The van der Waals surface area contributed by atoms with Crippen LogP contribution in [0.4, 0.5) is 13.2 Å². The Balaban J connectivity index is 2.50. The van der Waals surface area contributed by atoms with Gasteiger partial charge in [0.05, 0.1) is 15.4 Å². The first kappa shape index (κ1) is 14.5. The van der Waals surface area contributed by atoms with Crippen molar-refractivity contribution in [2.45, 2.75) is 12.2 Å². The van der Waals surface area contributed by atoms with Gasteiger partial charge in [-0.25, -0.2) is 5.43 Å². The molecule has 19 heavy (non-hydrogen) atoms. The Morgan fingerprint density at radius 3 is 2.37 bits per heavy atom. The molecule has 2 aromatic rings. The smallest absolute Gasteiger partial charge is 0.271 e. The molecule has 7 heteroatoms. The molecule has 1 atom stereocenters. The van der Waals surface area contributed by atoms with Crippen LogP contribution in [0.1, 0.15) is 22.0 Å². The molecule has 2 rings (SSSR count). The third-order valence-electron chi connectivity index (χ3n) is 2.62. The van der Waals surface area contributed by atoms with Crippen molar-refractivity contribution in [3.05, 3.63) is 56.2 Å². The minimum absolute atomic E-state index is 0.117. The summed E-state index contributed by atoms with van der Waals surface area (Å²) in [5, 5.41) is 0. The molecule has 0 radical (unpaired) electrons. The molecule has 0 bridgehead atoms. The van der Waals surface area contributed by atoms with Gasteiger partial charge in [-0.1, -0.05) is 18.2 Å². The van der Waals surface area contributed by atoms with Crippen LogP contribution >= 0.6 is 27.3 Å². The number of thiophene rings is 1. The van der Waals surface area contributed by atoms with Crippen molar-refractivity contribution in [2.24, 2.45) is 5.84 Å². The summed E-state index contributed by atoms with van der Waals surface area (Å²) >= 11 is 4.63. The molecule has 1 heterocycles. The van der Waals surface area contributed by atoms with Gasteiger partial charge in [0.15, 0.2) is 0 Å². The average Bonchev–Trinajstić information content (AvgIpc) is 2.76. The van der Waals surface area contributed by atoms with Crippen LogP contribution in [0.5, 0.6) is 0 Å². The number of nitrogens with two attached hydrogens (primary N) is 1. The van der Waals surface area contributed by atoms with Crippen LogP contribution in [0.2, 0.25) is 0 Å². The summed E-state index contributed by atoms with van der Waals surface area (Å²) in [5.74, 6) is 5.43. The summed E-state index contributed by atoms with van der Waals surface area (Å²) in [6.07, 6.45) is -4.40. The molecule has 3 N–H and O–H groups in total. The fourth-order valence-electron chi connectivity index (χ4n) is 1.82. The maximum Gasteiger partial charge on any atom is 0.416 e. The fraction of sp³-hybridized carbons (Fsp3) is 0.167. The lowest BCUT2D eigenvalue weighted by atomic mass is 9.99. The Hall–Kier alpha value is -0.890. The first-order valence-electron chi connectivity index (χ1n) is 5.31. The number of benzene rings is 1. The highest BCUT2D eigenvalue weighted by Crippen LogP contribution is 2.38. The molecule has 102 valence electrons. The number of hydrogen-bond acceptors (Lipinski definition) is 3. The predicted octanol–water partition coefficient (Wildman–Crippen LogP) is 4.08. The highest BCUT2D eigenvalue weighted by Gasteiger charge is 2.35. The lowest BCUT2D eigenvalue weighted by Gasteiger charge is -2.20. The summed E-state index contributed by atoms with van der Waals surface area (Å²) < 4.78 is 39.8. The normalized spacial score (nSPS) is 13.5. The van der Waals surface area contributed by atoms with E-state index in [1.807, 2.05) is 0 Å². The zero-order chi connectivity index (χ0) is 14.0. The first-order chi connectivity index (χ1) is 8.93. The van der Waals surface area contributed by atoms with Gasteiger partial charge in [0.25, 0.3) is 0 Å². The highest BCUT2D eigenvalue weighted by molar-refractivity contribution is 9.11. The molecule has 0 spiro atoms. The van der Waals surface area contributed by atoms with Crippen LogP contribution in [-0.2, 0) is 6.18 Å². The molecule has 0 aliphatic heterocycles. The standard InChI is InChI=1S/C12H10BrF3N2S/c13-10-6-5-9(19-10)11(18-17)7-3-1-2-4-8(7)12(14,15)16/h1-6,11,18H,17H2. The van der Waals surface area contributed by atoms with Crippen LogP contribution in [0.3, 0.4) is 0 Å². The second-order valence-electron chi connectivity index (χ2n) is 3.83. The van der Waals surface area contributed by atoms with Gasteiger partial charge in [0.1, 0.15) is 0 Å². The minimum atomic E-state index is -4.40. The third kappa shape index (κ3) is 3.17. The summed E-state index contributed by atoms with van der Waals surface area (Å²) in [4.78, 5) is 0.714. The molecule has 0 fully saturated rings. The summed E-state index contributed by atoms with van der Waals surface area (Å²) in [7, 11) is 0. The Bertz CT molecular complexity index is 568. The van der Waals surface area contributed by atoms with E-state index in [4.69, 9.17) is 5.84 Å². The van der Waals surface area contributed by atoms with Gasteiger partial charge in [0.2, 0.25) is 0 Å². The Kier molecular flexibility index (Phi) is 4.29. The van der Waals surface area contributed by atoms with Gasteiger partial charge in [0, 0.05) is 4.88 Å². The Labute approximate surface area is 120 Å². The Morgan fingerprint density at radius 2 is 1.84 bits per heavy atom. The van der Waals surface area contributed by atoms with E-state index in [0.29, 0.717) is 4.88 Å². The van der Waals surface area contributed by atoms with Crippen molar-refractivity contribution >= 4 is 27.3 Å². The quantitative estimate of drug-likeness (QED) is 0.646. The largest absolute Gasteiger partial charge is 0.416 e. The molecule has 0 aliphatic rings. The molecule has 0 aliphatic carbocycles. The molecule has 2 nitrogen and oxygen atoms in total. The summed E-state index contributed by atoms with van der Waals surface area (Å²) in [5.41, 5.74) is 1.89. The monoisotopic (exact) mass is 350 g/mol. The second kappa shape index (κ2) is 5.62. The average molecular weight is 351 g/mol. The van der Waals surface area contributed by atoms with Crippen LogP contribution in [0.15, 0.2) is 40.2 Å². The number of nitrogens with one attached hydrogen (secondary N) is 1. The van der Waals surface area contributed by atoms with Crippen molar-refractivity contribution in [2.75, 3.05) is 0 Å². The van der Waals surface area contributed by atoms with Crippen molar-refractivity contribution in [3.63, 3.8) is 0 Å². The molecule has 0 saturated carbocycles. The fourth-order valence-corrected chi connectivity index (χ4v) is 3.32. The van der Waals surface area contributed by atoms with Crippen molar-refractivity contribution in [1.29, 1.82) is 0 Å². The van der Waals surface area contributed by atoms with Crippen LogP contribution < -0.4 is 11.3 Å². The van der Waals surface area contributed by atoms with Gasteiger partial charge < -0.3 is 0 Å². The number of rotatable bonds is 3. The molecule has 1 aromatic heterocycles. The lowest BCUT2D eigenvalue weighted by molar-refractivity contribution is -0.138. The molecule has 1 aromatic carbocycles. The minimum Gasteiger partial charge on any atom is -0.271 e. The first-order valence-corrected chi connectivity index (χ1v) is 6.92. The van der Waals surface area contributed by atoms with E-state index in [9.17, 15) is 13.2 Å². The van der Waals surface area contributed by atoms with Gasteiger partial charge in [-0.15, -0.1) is 11.3 Å². The number of alkyl halides is 3. The third-order valence-corrected chi connectivity index (χ3v) is 4.31. The maximum absolute atomic E-state index is 13.0. The van der Waals surface area contributed by atoms with Crippen LogP contribution in [-0.4, -0.2) is 0 Å². The molecular formula is C12H10BrF3N2S. The van der Waals surface area contributed by atoms with Gasteiger partial charge in [-0.05, 0) is 39.7 Å². The zero-order valence-corrected chi connectivity index (χ0v) is 11.9. The topological polar surface area (TPSA) is 38.0 Å². The van der Waals surface area contributed by atoms with Gasteiger partial charge >= 0.3 is 6.18 Å². The molecular weight excluding hydrogens is 341 g/mol. The highest BCUT2D eigenvalue weighted by atomic mass is 79.9. The summed E-state index contributed by atoms with van der Waals surface area (Å²) in [6, 6.07) is 8.26. The Morgan fingerprint density at radius 1 is 1.16 bits per heavy atom. The molecule has 0 amide bonds. The SMILES string of the molecule is NNC(c1ccc(Br)s1)c1ccccc1C(F)(F)F. The summed E-state index contributed by atoms with van der Waals surface area (Å²) in [6.45, 7) is 0. The second-order valence-corrected chi connectivity index (χ2v) is 6.32. The van der Waals surface area contributed by atoms with Crippen molar-refractivity contribution in [1.82, 2.24) is 5.43 Å². The van der Waals surface area contributed by atoms with E-state index in [-0.39, 0.29) is 5.56 Å². The number of hydrogen-bond donors (Lipinski definition) is 2. The van der Waals surface area contributed by atoms with E-state index in [1.54, 1.807) is 18.2 Å². The van der Waals surface area contributed by atoms with Gasteiger partial charge in [-0.3, -0.25) is 5.84 Å². The van der Waals surface area contributed by atoms with Gasteiger partial charge in [-0.2, -0.15) is 13.2 Å². The van der Waals surface area contributed by atoms with E-state index >= 15 is 0 Å². The molecule has 1 unspecified atom stereocenters. The van der Waals surface area contributed by atoms with E-state index in [0.717, 1.165) is 9.85 Å². The maximum atomic E-state index is 13.0. The van der Waals surface area contributed by atoms with Crippen molar-refractivity contribution in [3.8, 4) is 0 Å². The lowest BCUT2D eigenvalue weighted by Crippen LogP contribution is -2.30. The van der Waals surface area contributed by atoms with Crippen LogP contribution in [0.25, 0.3) is 0 Å².